The van der Waals surface area contributed by atoms with Crippen molar-refractivity contribution < 1.29 is 30.3 Å². The van der Waals surface area contributed by atoms with Gasteiger partial charge in [-0.05, 0) is 90.4 Å². The molecular weight excluding hydrogens is 432 g/mol. The van der Waals surface area contributed by atoms with Gasteiger partial charge in [0.15, 0.2) is 23.0 Å². The van der Waals surface area contributed by atoms with E-state index in [1.807, 2.05) is 36.4 Å². The van der Waals surface area contributed by atoms with Gasteiger partial charge in [0.2, 0.25) is 0 Å². The van der Waals surface area contributed by atoms with Crippen LogP contribution < -0.4 is 4.74 Å². The van der Waals surface area contributed by atoms with E-state index in [0.29, 0.717) is 30.6 Å². The minimum atomic E-state index is -0.151. The van der Waals surface area contributed by atoms with Gasteiger partial charge < -0.3 is 30.3 Å². The molecule has 4 rings (SSSR count). The molecule has 0 bridgehead atoms. The van der Waals surface area contributed by atoms with Crippen LogP contribution in [0, 0.1) is 0 Å². The molecule has 0 atom stereocenters. The summed E-state index contributed by atoms with van der Waals surface area (Å²) in [6.07, 6.45) is 2.65. The average Bonchev–Trinajstić information content (AvgIpc) is 2.83. The molecule has 0 radical (unpaired) electrons. The van der Waals surface area contributed by atoms with Gasteiger partial charge in [-0.2, -0.15) is 0 Å². The Morgan fingerprint density at radius 1 is 0.471 bits per heavy atom. The van der Waals surface area contributed by atoms with E-state index in [9.17, 15) is 25.5 Å². The SMILES string of the molecule is Oc1ccc(CCc2cc(Oc3ccc(CCc4ccc(O)c(O)c4)cc3)c(O)cc2O)cc1. The zero-order valence-corrected chi connectivity index (χ0v) is 18.5. The number of rotatable bonds is 8. The third kappa shape index (κ3) is 5.72. The number of hydrogen-bond donors (Lipinski definition) is 5. The van der Waals surface area contributed by atoms with E-state index in [0.717, 1.165) is 23.1 Å². The molecule has 0 aliphatic heterocycles. The molecule has 5 N–H and O–H groups in total. The van der Waals surface area contributed by atoms with Gasteiger partial charge in [0.25, 0.3) is 0 Å². The molecule has 6 heteroatoms. The fourth-order valence-electron chi connectivity index (χ4n) is 3.69. The lowest BCUT2D eigenvalue weighted by atomic mass is 10.0. The second kappa shape index (κ2) is 10.1. The highest BCUT2D eigenvalue weighted by atomic mass is 16.5. The van der Waals surface area contributed by atoms with Crippen LogP contribution in [-0.2, 0) is 25.7 Å². The number of aromatic hydroxyl groups is 5. The Balaban J connectivity index is 1.39. The van der Waals surface area contributed by atoms with Gasteiger partial charge in [0, 0.05) is 6.07 Å². The molecule has 0 saturated heterocycles. The van der Waals surface area contributed by atoms with Gasteiger partial charge in [-0.15, -0.1) is 0 Å². The van der Waals surface area contributed by atoms with Crippen molar-refractivity contribution in [3.8, 4) is 40.2 Å². The van der Waals surface area contributed by atoms with Gasteiger partial charge in [-0.3, -0.25) is 0 Å². The highest BCUT2D eigenvalue weighted by molar-refractivity contribution is 5.51. The molecule has 0 heterocycles. The first-order valence-electron chi connectivity index (χ1n) is 11.0. The summed E-state index contributed by atoms with van der Waals surface area (Å²) in [5.74, 6) is 0.602. The molecule has 0 aromatic heterocycles. The Morgan fingerprint density at radius 2 is 1.06 bits per heavy atom. The van der Waals surface area contributed by atoms with Crippen LogP contribution in [-0.4, -0.2) is 25.5 Å². The lowest BCUT2D eigenvalue weighted by molar-refractivity contribution is 0.401. The van der Waals surface area contributed by atoms with Crippen LogP contribution >= 0.6 is 0 Å². The van der Waals surface area contributed by atoms with Crippen LogP contribution in [0.4, 0.5) is 0 Å². The summed E-state index contributed by atoms with van der Waals surface area (Å²) in [6, 6.07) is 22.1. The number of phenols is 5. The Labute approximate surface area is 197 Å². The van der Waals surface area contributed by atoms with Gasteiger partial charge in [-0.1, -0.05) is 30.3 Å². The maximum atomic E-state index is 10.2. The van der Waals surface area contributed by atoms with E-state index < -0.39 is 0 Å². The quantitative estimate of drug-likeness (QED) is 0.221. The molecule has 0 saturated carbocycles. The molecule has 0 unspecified atom stereocenters. The first-order chi connectivity index (χ1) is 16.4. The first kappa shape index (κ1) is 22.9. The van der Waals surface area contributed by atoms with Crippen LogP contribution in [0.25, 0.3) is 0 Å². The Bertz CT molecular complexity index is 1260. The van der Waals surface area contributed by atoms with Crippen LogP contribution in [0.3, 0.4) is 0 Å². The summed E-state index contributed by atoms with van der Waals surface area (Å²) in [5.41, 5.74) is 3.66. The van der Waals surface area contributed by atoms with Crippen molar-refractivity contribution in [1.29, 1.82) is 0 Å². The second-order valence-electron chi connectivity index (χ2n) is 8.18. The number of benzene rings is 4. The van der Waals surface area contributed by atoms with Gasteiger partial charge in [0.05, 0.1) is 0 Å². The fourth-order valence-corrected chi connectivity index (χ4v) is 3.69. The lowest BCUT2D eigenvalue weighted by Gasteiger charge is -2.12. The van der Waals surface area contributed by atoms with E-state index in [2.05, 4.69) is 0 Å². The highest BCUT2D eigenvalue weighted by Crippen LogP contribution is 2.37. The predicted molar refractivity (Wildman–Crippen MR) is 129 cm³/mol. The van der Waals surface area contributed by atoms with Crippen molar-refractivity contribution in [1.82, 2.24) is 0 Å². The summed E-state index contributed by atoms with van der Waals surface area (Å²) < 4.78 is 5.86. The van der Waals surface area contributed by atoms with Crippen LogP contribution in [0.15, 0.2) is 78.9 Å². The van der Waals surface area contributed by atoms with Gasteiger partial charge in [0.1, 0.15) is 17.2 Å². The monoisotopic (exact) mass is 458 g/mol. The van der Waals surface area contributed by atoms with E-state index in [4.69, 9.17) is 4.74 Å². The Hall–Kier alpha value is -4.32. The van der Waals surface area contributed by atoms with Gasteiger partial charge >= 0.3 is 0 Å². The molecular formula is C28H26O6. The zero-order valence-electron chi connectivity index (χ0n) is 18.5. The minimum absolute atomic E-state index is 0.000700. The summed E-state index contributed by atoms with van der Waals surface area (Å²) in [6.45, 7) is 0. The topological polar surface area (TPSA) is 110 Å². The highest BCUT2D eigenvalue weighted by Gasteiger charge is 2.12. The predicted octanol–water partition coefficient (Wildman–Crippen LogP) is 5.58. The van der Waals surface area contributed by atoms with Crippen molar-refractivity contribution in [3.63, 3.8) is 0 Å². The molecule has 0 aliphatic rings. The van der Waals surface area contributed by atoms with Crippen molar-refractivity contribution in [2.75, 3.05) is 0 Å². The lowest BCUT2D eigenvalue weighted by Crippen LogP contribution is -1.94. The summed E-state index contributed by atoms with van der Waals surface area (Å²) in [4.78, 5) is 0. The molecule has 4 aromatic carbocycles. The van der Waals surface area contributed by atoms with Crippen molar-refractivity contribution in [2.24, 2.45) is 0 Å². The van der Waals surface area contributed by atoms with Crippen LogP contribution in [0.2, 0.25) is 0 Å². The normalized spacial score (nSPS) is 10.8. The van der Waals surface area contributed by atoms with Crippen LogP contribution in [0.1, 0.15) is 22.3 Å². The molecule has 0 aliphatic carbocycles. The fraction of sp³-hybridized carbons (Fsp3) is 0.143. The zero-order chi connectivity index (χ0) is 24.1. The number of aryl methyl sites for hydroxylation is 4. The summed E-state index contributed by atoms with van der Waals surface area (Å²) >= 11 is 0. The first-order valence-corrected chi connectivity index (χ1v) is 11.0. The number of phenolic OH excluding ortho intramolecular Hbond substituents is 5. The maximum Gasteiger partial charge on any atom is 0.169 e. The molecule has 0 fully saturated rings. The summed E-state index contributed by atoms with van der Waals surface area (Å²) in [7, 11) is 0. The van der Waals surface area contributed by atoms with E-state index in [-0.39, 0.29) is 34.5 Å². The molecule has 4 aromatic rings. The summed E-state index contributed by atoms with van der Waals surface area (Å²) in [5, 5.41) is 48.9. The molecule has 174 valence electrons. The molecule has 6 nitrogen and oxygen atoms in total. The number of ether oxygens (including phenoxy) is 1. The van der Waals surface area contributed by atoms with Crippen molar-refractivity contribution in [2.45, 2.75) is 25.7 Å². The largest absolute Gasteiger partial charge is 0.508 e. The third-order valence-electron chi connectivity index (χ3n) is 5.67. The van der Waals surface area contributed by atoms with Crippen molar-refractivity contribution >= 4 is 0 Å². The smallest absolute Gasteiger partial charge is 0.169 e. The number of hydrogen-bond acceptors (Lipinski definition) is 6. The van der Waals surface area contributed by atoms with Crippen molar-refractivity contribution in [3.05, 3.63) is 101 Å². The van der Waals surface area contributed by atoms with E-state index >= 15 is 0 Å². The standard InChI is InChI=1S/C28H26O6/c29-22-10-4-19(5-11-22)3-9-21-16-28(27(33)17-25(21)31)34-23-12-6-18(7-13-23)1-2-20-8-14-24(30)26(32)15-20/h4-8,10-17,29-33H,1-3,9H2. The van der Waals surface area contributed by atoms with Gasteiger partial charge in [-0.25, -0.2) is 0 Å². The van der Waals surface area contributed by atoms with E-state index in [1.54, 1.807) is 30.3 Å². The minimum Gasteiger partial charge on any atom is -0.508 e. The van der Waals surface area contributed by atoms with E-state index in [1.165, 1.54) is 12.1 Å². The molecule has 0 spiro atoms. The molecule has 0 amide bonds. The Morgan fingerprint density at radius 3 is 1.74 bits per heavy atom. The second-order valence-corrected chi connectivity index (χ2v) is 8.18. The Kier molecular flexibility index (Phi) is 6.78. The third-order valence-corrected chi connectivity index (χ3v) is 5.67. The van der Waals surface area contributed by atoms with Crippen LogP contribution in [0.5, 0.6) is 40.2 Å². The average molecular weight is 459 g/mol. The molecule has 34 heavy (non-hydrogen) atoms. The maximum absolute atomic E-state index is 10.2.